The zero-order valence-corrected chi connectivity index (χ0v) is 18.1. The predicted octanol–water partition coefficient (Wildman–Crippen LogP) is 4.86. The Morgan fingerprint density at radius 2 is 1.75 bits per heavy atom. The number of rotatable bonds is 3. The third-order valence-electron chi connectivity index (χ3n) is 10.6. The van der Waals surface area contributed by atoms with Crippen molar-refractivity contribution in [3.05, 3.63) is 0 Å². The molecule has 0 aromatic carbocycles. The van der Waals surface area contributed by atoms with Gasteiger partial charge in [0, 0.05) is 24.4 Å². The summed E-state index contributed by atoms with van der Waals surface area (Å²) in [6.45, 7) is 5.64. The summed E-state index contributed by atoms with van der Waals surface area (Å²) in [5.74, 6) is 3.40. The molecule has 5 aliphatic rings. The Morgan fingerprint density at radius 3 is 2.54 bits per heavy atom. The molecule has 0 aromatic rings. The molecule has 0 saturated heterocycles. The molecule has 0 unspecified atom stereocenters. The molecule has 5 aliphatic carbocycles. The number of Topliss-reactive ketones (excluding diaryl/α,β-unsaturated/α-hetero) is 1. The summed E-state index contributed by atoms with van der Waals surface area (Å²) in [5, 5.41) is 15.1. The van der Waals surface area contributed by atoms with E-state index < -0.39 is 5.60 Å². The zero-order chi connectivity index (χ0) is 19.6. The average molecular weight is 388 g/mol. The zero-order valence-electron chi connectivity index (χ0n) is 18.1. The second-order valence-electron chi connectivity index (χ2n) is 11.9. The van der Waals surface area contributed by atoms with Crippen LogP contribution in [0, 0.1) is 34.5 Å². The van der Waals surface area contributed by atoms with Gasteiger partial charge in [-0.05, 0) is 93.3 Å². The smallest absolute Gasteiger partial charge is 0.139 e. The molecule has 0 heterocycles. The van der Waals surface area contributed by atoms with Crippen molar-refractivity contribution >= 4 is 5.78 Å². The Kier molecular flexibility index (Phi) is 4.75. The monoisotopic (exact) mass is 387 g/mol. The summed E-state index contributed by atoms with van der Waals surface area (Å²) < 4.78 is 0. The van der Waals surface area contributed by atoms with Crippen LogP contribution in [-0.2, 0) is 4.79 Å². The first-order chi connectivity index (χ1) is 13.3. The van der Waals surface area contributed by atoms with E-state index >= 15 is 0 Å². The Balaban J connectivity index is 1.29. The molecule has 5 saturated carbocycles. The van der Waals surface area contributed by atoms with Crippen molar-refractivity contribution in [1.29, 1.82) is 0 Å². The fourth-order valence-electron chi connectivity index (χ4n) is 8.72. The van der Waals surface area contributed by atoms with Crippen LogP contribution in [0.3, 0.4) is 0 Å². The lowest BCUT2D eigenvalue weighted by molar-refractivity contribution is -0.153. The number of hydrogen-bond donors (Lipinski definition) is 2. The van der Waals surface area contributed by atoms with Crippen molar-refractivity contribution in [2.45, 2.75) is 109 Å². The average Bonchev–Trinajstić information content (AvgIpc) is 3.29. The van der Waals surface area contributed by atoms with Crippen LogP contribution in [0.25, 0.3) is 0 Å². The quantitative estimate of drug-likeness (QED) is 0.727. The van der Waals surface area contributed by atoms with Gasteiger partial charge < -0.3 is 10.4 Å². The Bertz CT molecular complexity index is 628. The Hall–Kier alpha value is -0.410. The van der Waals surface area contributed by atoms with Gasteiger partial charge in [0.2, 0.25) is 0 Å². The van der Waals surface area contributed by atoms with Gasteiger partial charge >= 0.3 is 0 Å². The first-order valence-corrected chi connectivity index (χ1v) is 12.3. The van der Waals surface area contributed by atoms with Gasteiger partial charge in [0.15, 0.2) is 0 Å². The Morgan fingerprint density at radius 1 is 0.964 bits per heavy atom. The van der Waals surface area contributed by atoms with Gasteiger partial charge in [-0.1, -0.05) is 26.7 Å². The SMILES string of the molecule is C[C@]12CC[C@](O)(CNC3CCCC3)C[C@@H]1CC[C@@H]1[C@@H]2CC[C@]2(C)C(=O)CC[C@@H]12. The first-order valence-electron chi connectivity index (χ1n) is 12.3. The van der Waals surface area contributed by atoms with E-state index in [9.17, 15) is 9.90 Å². The largest absolute Gasteiger partial charge is 0.389 e. The molecule has 0 radical (unpaired) electrons. The van der Waals surface area contributed by atoms with E-state index in [0.717, 1.165) is 50.5 Å². The van der Waals surface area contributed by atoms with Crippen molar-refractivity contribution < 1.29 is 9.90 Å². The molecule has 0 aliphatic heterocycles. The number of hydrogen-bond acceptors (Lipinski definition) is 3. The molecule has 0 aromatic heterocycles. The van der Waals surface area contributed by atoms with Gasteiger partial charge in [0.05, 0.1) is 5.60 Å². The van der Waals surface area contributed by atoms with Crippen LogP contribution >= 0.6 is 0 Å². The third-order valence-corrected chi connectivity index (χ3v) is 10.6. The van der Waals surface area contributed by atoms with E-state index in [-0.39, 0.29) is 5.41 Å². The van der Waals surface area contributed by atoms with Gasteiger partial charge in [-0.15, -0.1) is 0 Å². The Labute approximate surface area is 171 Å². The second-order valence-corrected chi connectivity index (χ2v) is 11.9. The minimum absolute atomic E-state index is 0.00896. The van der Waals surface area contributed by atoms with Crippen LogP contribution in [0.2, 0.25) is 0 Å². The minimum Gasteiger partial charge on any atom is -0.389 e. The lowest BCUT2D eigenvalue weighted by Gasteiger charge is -2.61. The summed E-state index contributed by atoms with van der Waals surface area (Å²) in [5.41, 5.74) is -0.119. The number of nitrogens with one attached hydrogen (secondary N) is 1. The summed E-state index contributed by atoms with van der Waals surface area (Å²) in [6, 6.07) is 0.643. The number of aliphatic hydroxyl groups is 1. The second kappa shape index (κ2) is 6.80. The highest BCUT2D eigenvalue weighted by atomic mass is 16.3. The van der Waals surface area contributed by atoms with E-state index in [1.807, 2.05) is 0 Å². The maximum atomic E-state index is 12.6. The number of ketones is 1. The lowest BCUT2D eigenvalue weighted by atomic mass is 9.44. The molecule has 0 spiro atoms. The maximum Gasteiger partial charge on any atom is 0.139 e. The highest BCUT2D eigenvalue weighted by molar-refractivity contribution is 5.87. The fourth-order valence-corrected chi connectivity index (χ4v) is 8.72. The van der Waals surface area contributed by atoms with Crippen molar-refractivity contribution in [3.63, 3.8) is 0 Å². The lowest BCUT2D eigenvalue weighted by Crippen LogP contribution is -2.57. The maximum absolute atomic E-state index is 12.6. The molecule has 0 amide bonds. The van der Waals surface area contributed by atoms with Gasteiger partial charge in [0.1, 0.15) is 5.78 Å². The molecule has 0 bridgehead atoms. The third kappa shape index (κ3) is 2.94. The van der Waals surface area contributed by atoms with Crippen LogP contribution in [0.5, 0.6) is 0 Å². The molecule has 3 heteroatoms. The highest BCUT2D eigenvalue weighted by Crippen LogP contribution is 2.66. The normalized spacial score (nSPS) is 51.6. The number of fused-ring (bicyclic) bond motifs is 5. The van der Waals surface area contributed by atoms with E-state index in [4.69, 9.17) is 0 Å². The van der Waals surface area contributed by atoms with Crippen LogP contribution < -0.4 is 5.32 Å². The summed E-state index contributed by atoms with van der Waals surface area (Å²) >= 11 is 0. The first kappa shape index (κ1) is 19.5. The van der Waals surface area contributed by atoms with E-state index in [1.165, 1.54) is 51.4 Å². The van der Waals surface area contributed by atoms with E-state index in [0.29, 0.717) is 29.1 Å². The number of carbonyl (C=O) groups excluding carboxylic acids is 1. The molecule has 5 fully saturated rings. The van der Waals surface area contributed by atoms with Crippen molar-refractivity contribution in [2.75, 3.05) is 6.54 Å². The van der Waals surface area contributed by atoms with Crippen LogP contribution in [0.15, 0.2) is 0 Å². The van der Waals surface area contributed by atoms with Crippen LogP contribution in [-0.4, -0.2) is 29.1 Å². The van der Waals surface area contributed by atoms with Crippen LogP contribution in [0.4, 0.5) is 0 Å². The van der Waals surface area contributed by atoms with Gasteiger partial charge in [-0.25, -0.2) is 0 Å². The predicted molar refractivity (Wildman–Crippen MR) is 112 cm³/mol. The molecule has 7 atom stereocenters. The molecule has 28 heavy (non-hydrogen) atoms. The molecular formula is C25H41NO2. The molecule has 2 N–H and O–H groups in total. The van der Waals surface area contributed by atoms with Crippen molar-refractivity contribution in [3.8, 4) is 0 Å². The molecule has 158 valence electrons. The highest BCUT2D eigenvalue weighted by Gasteiger charge is 2.61. The van der Waals surface area contributed by atoms with Gasteiger partial charge in [-0.2, -0.15) is 0 Å². The van der Waals surface area contributed by atoms with Crippen molar-refractivity contribution in [2.24, 2.45) is 34.5 Å². The van der Waals surface area contributed by atoms with Gasteiger partial charge in [-0.3, -0.25) is 4.79 Å². The van der Waals surface area contributed by atoms with Gasteiger partial charge in [0.25, 0.3) is 0 Å². The molecule has 5 rings (SSSR count). The molecule has 3 nitrogen and oxygen atoms in total. The standard InChI is InChI=1S/C25H41NO2/c1-23-13-14-25(28,16-26-18-5-3-4-6-18)15-17(23)7-8-19-20-9-10-22(27)24(20,2)12-11-21(19)23/h17-21,26,28H,3-16H2,1-2H3/t17-,19-,20-,21-,23-,24-,25+/m0/s1. The summed E-state index contributed by atoms with van der Waals surface area (Å²) in [7, 11) is 0. The topological polar surface area (TPSA) is 49.3 Å². The number of carbonyl (C=O) groups is 1. The van der Waals surface area contributed by atoms with Crippen molar-refractivity contribution in [1.82, 2.24) is 5.32 Å². The van der Waals surface area contributed by atoms with E-state index in [1.54, 1.807) is 0 Å². The minimum atomic E-state index is -0.494. The van der Waals surface area contributed by atoms with Crippen LogP contribution in [0.1, 0.15) is 97.3 Å². The molecular weight excluding hydrogens is 346 g/mol. The summed E-state index contributed by atoms with van der Waals surface area (Å²) in [4.78, 5) is 12.6. The van der Waals surface area contributed by atoms with E-state index in [2.05, 4.69) is 19.2 Å². The fraction of sp³-hybridized carbons (Fsp3) is 0.960. The summed E-state index contributed by atoms with van der Waals surface area (Å²) in [6.07, 6.45) is 15.3.